The third-order valence-electron chi connectivity index (χ3n) is 3.51. The van der Waals surface area contributed by atoms with Crippen LogP contribution in [0.5, 0.6) is 0 Å². The van der Waals surface area contributed by atoms with E-state index in [1.807, 2.05) is 27.7 Å². The molecule has 0 atom stereocenters. The van der Waals surface area contributed by atoms with Crippen LogP contribution in [0.15, 0.2) is 9.31 Å². The second-order valence-corrected chi connectivity index (χ2v) is 7.33. The standard InChI is InChI=1S/C15H28N2O3S/c1-7-9-16-10-14-12(5)20-13(6)15(14)21(18,19)17(8-2)11(3)4/h11,16H,7-10H2,1-6H3. The maximum absolute atomic E-state index is 12.9. The molecule has 1 aromatic rings. The Bertz CT molecular complexity index is 562. The normalized spacial score (nSPS) is 12.6. The van der Waals surface area contributed by atoms with Crippen LogP contribution in [0, 0.1) is 13.8 Å². The Morgan fingerprint density at radius 1 is 1.19 bits per heavy atom. The molecule has 1 N–H and O–H groups in total. The van der Waals surface area contributed by atoms with Crippen molar-refractivity contribution in [2.75, 3.05) is 13.1 Å². The van der Waals surface area contributed by atoms with Crippen LogP contribution >= 0.6 is 0 Å². The number of hydrogen-bond acceptors (Lipinski definition) is 4. The smallest absolute Gasteiger partial charge is 0.247 e. The lowest BCUT2D eigenvalue weighted by Gasteiger charge is -2.24. The van der Waals surface area contributed by atoms with Gasteiger partial charge in [0.25, 0.3) is 0 Å². The Morgan fingerprint density at radius 3 is 2.29 bits per heavy atom. The molecule has 0 spiro atoms. The molecule has 0 bridgehead atoms. The minimum absolute atomic E-state index is 0.0777. The Morgan fingerprint density at radius 2 is 1.81 bits per heavy atom. The fourth-order valence-corrected chi connectivity index (χ4v) is 4.63. The van der Waals surface area contributed by atoms with E-state index in [-0.39, 0.29) is 6.04 Å². The quantitative estimate of drug-likeness (QED) is 0.749. The summed E-state index contributed by atoms with van der Waals surface area (Å²) in [4.78, 5) is 0.333. The number of aryl methyl sites for hydroxylation is 2. The monoisotopic (exact) mass is 316 g/mol. The Balaban J connectivity index is 3.28. The fourth-order valence-electron chi connectivity index (χ4n) is 2.57. The van der Waals surface area contributed by atoms with Crippen LogP contribution in [0.2, 0.25) is 0 Å². The summed E-state index contributed by atoms with van der Waals surface area (Å²) in [5.74, 6) is 1.15. The summed E-state index contributed by atoms with van der Waals surface area (Å²) in [6.45, 7) is 13.1. The summed E-state index contributed by atoms with van der Waals surface area (Å²) in [5, 5.41) is 3.26. The van der Waals surface area contributed by atoms with Gasteiger partial charge < -0.3 is 9.73 Å². The molecule has 5 nitrogen and oxygen atoms in total. The van der Waals surface area contributed by atoms with Crippen LogP contribution < -0.4 is 5.32 Å². The Kier molecular flexibility index (Phi) is 6.43. The minimum atomic E-state index is -3.53. The van der Waals surface area contributed by atoms with E-state index < -0.39 is 10.0 Å². The molecule has 0 saturated heterocycles. The average Bonchev–Trinajstić information content (AvgIpc) is 2.65. The highest BCUT2D eigenvalue weighted by atomic mass is 32.2. The van der Waals surface area contributed by atoms with Crippen LogP contribution in [0.3, 0.4) is 0 Å². The first kappa shape index (κ1) is 18.2. The van der Waals surface area contributed by atoms with E-state index in [0.717, 1.165) is 18.5 Å². The molecule has 0 aliphatic rings. The zero-order chi connectivity index (χ0) is 16.2. The minimum Gasteiger partial charge on any atom is -0.465 e. The van der Waals surface area contributed by atoms with Gasteiger partial charge in [0.2, 0.25) is 10.0 Å². The molecule has 1 aromatic heterocycles. The van der Waals surface area contributed by atoms with E-state index >= 15 is 0 Å². The Labute approximate surface area is 128 Å². The summed E-state index contributed by atoms with van der Waals surface area (Å²) in [6.07, 6.45) is 1.01. The molecule has 0 aromatic carbocycles. The summed E-state index contributed by atoms with van der Waals surface area (Å²) in [5.41, 5.74) is 0.750. The number of nitrogens with zero attached hydrogens (tertiary/aromatic N) is 1. The highest BCUT2D eigenvalue weighted by Crippen LogP contribution is 2.30. The van der Waals surface area contributed by atoms with Gasteiger partial charge in [-0.05, 0) is 40.7 Å². The van der Waals surface area contributed by atoms with Crippen molar-refractivity contribution in [3.63, 3.8) is 0 Å². The van der Waals surface area contributed by atoms with Gasteiger partial charge in [0.15, 0.2) is 0 Å². The molecular weight excluding hydrogens is 288 g/mol. The van der Waals surface area contributed by atoms with E-state index in [4.69, 9.17) is 4.42 Å². The molecule has 6 heteroatoms. The summed E-state index contributed by atoms with van der Waals surface area (Å²) in [6, 6.07) is -0.0777. The second-order valence-electron chi connectivity index (χ2n) is 5.50. The van der Waals surface area contributed by atoms with Gasteiger partial charge in [-0.3, -0.25) is 0 Å². The number of sulfonamides is 1. The first-order valence-electron chi connectivity index (χ1n) is 7.58. The maximum Gasteiger partial charge on any atom is 0.247 e. The van der Waals surface area contributed by atoms with Gasteiger partial charge in [0.05, 0.1) is 0 Å². The van der Waals surface area contributed by atoms with Gasteiger partial charge in [-0.15, -0.1) is 0 Å². The molecule has 0 saturated carbocycles. The largest absolute Gasteiger partial charge is 0.465 e. The van der Waals surface area contributed by atoms with Crippen molar-refractivity contribution in [3.8, 4) is 0 Å². The molecule has 0 fully saturated rings. The molecule has 0 aliphatic heterocycles. The lowest BCUT2D eigenvalue weighted by atomic mass is 10.2. The van der Waals surface area contributed by atoms with Crippen LogP contribution in [0.1, 0.15) is 51.2 Å². The van der Waals surface area contributed by atoms with E-state index in [9.17, 15) is 8.42 Å². The van der Waals surface area contributed by atoms with Gasteiger partial charge in [0, 0.05) is 24.7 Å². The predicted octanol–water partition coefficient (Wildman–Crippen LogP) is 2.82. The third kappa shape index (κ3) is 3.87. The molecule has 122 valence electrons. The van der Waals surface area contributed by atoms with Gasteiger partial charge in [-0.25, -0.2) is 8.42 Å². The lowest BCUT2D eigenvalue weighted by molar-refractivity contribution is 0.367. The highest BCUT2D eigenvalue weighted by Gasteiger charge is 2.32. The first-order chi connectivity index (χ1) is 9.77. The van der Waals surface area contributed by atoms with Gasteiger partial charge in [-0.1, -0.05) is 13.8 Å². The van der Waals surface area contributed by atoms with Crippen LogP contribution in [0.4, 0.5) is 0 Å². The number of furan rings is 1. The van der Waals surface area contributed by atoms with Crippen LogP contribution in [0.25, 0.3) is 0 Å². The first-order valence-corrected chi connectivity index (χ1v) is 9.02. The van der Waals surface area contributed by atoms with Crippen molar-refractivity contribution >= 4 is 10.0 Å². The van der Waals surface area contributed by atoms with Crippen molar-refractivity contribution in [1.29, 1.82) is 0 Å². The van der Waals surface area contributed by atoms with Crippen LogP contribution in [-0.2, 0) is 16.6 Å². The van der Waals surface area contributed by atoms with Crippen LogP contribution in [-0.4, -0.2) is 31.9 Å². The molecule has 0 aliphatic carbocycles. The topological polar surface area (TPSA) is 62.6 Å². The van der Waals surface area contributed by atoms with Crippen molar-refractivity contribution in [1.82, 2.24) is 9.62 Å². The highest BCUT2D eigenvalue weighted by molar-refractivity contribution is 7.89. The molecular formula is C15H28N2O3S. The maximum atomic E-state index is 12.9. The molecule has 0 radical (unpaired) electrons. The molecule has 0 unspecified atom stereocenters. The van der Waals surface area contributed by atoms with E-state index in [1.165, 1.54) is 4.31 Å². The number of nitrogens with one attached hydrogen (secondary N) is 1. The molecule has 1 heterocycles. The van der Waals surface area contributed by atoms with Crippen molar-refractivity contribution in [2.24, 2.45) is 0 Å². The lowest BCUT2D eigenvalue weighted by Crippen LogP contribution is -2.37. The molecule has 21 heavy (non-hydrogen) atoms. The van der Waals surface area contributed by atoms with Crippen molar-refractivity contribution < 1.29 is 12.8 Å². The third-order valence-corrected chi connectivity index (χ3v) is 5.85. The van der Waals surface area contributed by atoms with Gasteiger partial charge >= 0.3 is 0 Å². The SMILES string of the molecule is CCCNCc1c(C)oc(C)c1S(=O)(=O)N(CC)C(C)C. The number of rotatable bonds is 8. The average molecular weight is 316 g/mol. The summed E-state index contributed by atoms with van der Waals surface area (Å²) < 4.78 is 33.0. The number of hydrogen-bond donors (Lipinski definition) is 1. The second kappa shape index (κ2) is 7.42. The summed E-state index contributed by atoms with van der Waals surface area (Å²) in [7, 11) is -3.53. The summed E-state index contributed by atoms with van der Waals surface area (Å²) >= 11 is 0. The molecule has 1 rings (SSSR count). The van der Waals surface area contributed by atoms with E-state index in [2.05, 4.69) is 12.2 Å². The van der Waals surface area contributed by atoms with Crippen molar-refractivity contribution in [3.05, 3.63) is 17.1 Å². The van der Waals surface area contributed by atoms with Gasteiger partial charge in [0.1, 0.15) is 16.4 Å². The zero-order valence-corrected chi connectivity index (χ0v) is 14.8. The Hall–Kier alpha value is -0.850. The zero-order valence-electron chi connectivity index (χ0n) is 14.0. The molecule has 0 amide bonds. The van der Waals surface area contributed by atoms with Gasteiger partial charge in [-0.2, -0.15) is 4.31 Å². The van der Waals surface area contributed by atoms with E-state index in [0.29, 0.717) is 29.5 Å². The predicted molar refractivity (Wildman–Crippen MR) is 84.9 cm³/mol. The van der Waals surface area contributed by atoms with E-state index in [1.54, 1.807) is 6.92 Å². The van der Waals surface area contributed by atoms with Crippen molar-refractivity contribution in [2.45, 2.75) is 65.4 Å². The fraction of sp³-hybridized carbons (Fsp3) is 0.733.